The van der Waals surface area contributed by atoms with E-state index in [0.29, 0.717) is 6.61 Å². The first kappa shape index (κ1) is 26.5. The van der Waals surface area contributed by atoms with Crippen LogP contribution in [0.4, 0.5) is 4.79 Å². The number of ether oxygens (including phenoxy) is 2. The second-order valence-corrected chi connectivity index (χ2v) is 7.41. The molecule has 0 aliphatic carbocycles. The van der Waals surface area contributed by atoms with Crippen LogP contribution in [0, 0.1) is 0 Å². The molecule has 5 heteroatoms. The van der Waals surface area contributed by atoms with E-state index < -0.39 is 12.1 Å². The second kappa shape index (κ2) is 21.8. The summed E-state index contributed by atoms with van der Waals surface area (Å²) in [6.45, 7) is 6.09. The molecular weight excluding hydrogens is 354 g/mol. The maximum absolute atomic E-state index is 11.5. The molecule has 5 nitrogen and oxygen atoms in total. The summed E-state index contributed by atoms with van der Waals surface area (Å²) in [6, 6.07) is 0. The molecule has 0 saturated carbocycles. The van der Waals surface area contributed by atoms with Gasteiger partial charge in [-0.3, -0.25) is 4.79 Å². The van der Waals surface area contributed by atoms with Gasteiger partial charge in [0.05, 0.1) is 6.61 Å². The first-order valence-electron chi connectivity index (χ1n) is 11.4. The topological polar surface area (TPSA) is 64.6 Å². The highest BCUT2D eigenvalue weighted by molar-refractivity contribution is 5.77. The number of carbonyl (C=O) groups is 2. The zero-order valence-electron chi connectivity index (χ0n) is 18.1. The van der Waals surface area contributed by atoms with E-state index in [0.717, 1.165) is 12.8 Å². The zero-order chi connectivity index (χ0) is 20.7. The molecule has 0 heterocycles. The third kappa shape index (κ3) is 20.8. The van der Waals surface area contributed by atoms with Crippen molar-refractivity contribution >= 4 is 12.1 Å². The van der Waals surface area contributed by atoms with Crippen LogP contribution in [-0.4, -0.2) is 31.8 Å². The molecule has 0 atom stereocenters. The molecule has 0 aliphatic rings. The van der Waals surface area contributed by atoms with Crippen LogP contribution in [0.25, 0.3) is 0 Å². The Morgan fingerprint density at radius 2 is 1.21 bits per heavy atom. The van der Waals surface area contributed by atoms with Gasteiger partial charge in [-0.15, -0.1) is 0 Å². The fourth-order valence-corrected chi connectivity index (χ4v) is 3.04. The minimum absolute atomic E-state index is 0.125. The maximum atomic E-state index is 11.5. The van der Waals surface area contributed by atoms with E-state index in [4.69, 9.17) is 9.47 Å². The van der Waals surface area contributed by atoms with Crippen LogP contribution in [0.5, 0.6) is 0 Å². The Kier molecular flexibility index (Phi) is 20.6. The lowest BCUT2D eigenvalue weighted by atomic mass is 10.0. The fourth-order valence-electron chi connectivity index (χ4n) is 3.04. The number of carbonyl (C=O) groups excluding carboxylic acids is 2. The lowest BCUT2D eigenvalue weighted by Crippen LogP contribution is -2.31. The molecule has 0 rings (SSSR count). The Labute approximate surface area is 172 Å². The Morgan fingerprint density at radius 3 is 1.68 bits per heavy atom. The fraction of sp³-hybridized carbons (Fsp3) is 0.826. The van der Waals surface area contributed by atoms with Crippen LogP contribution in [0.15, 0.2) is 12.7 Å². The first-order valence-corrected chi connectivity index (χ1v) is 11.4. The van der Waals surface area contributed by atoms with Crippen LogP contribution >= 0.6 is 0 Å². The van der Waals surface area contributed by atoms with Crippen molar-refractivity contribution in [1.82, 2.24) is 5.32 Å². The average Bonchev–Trinajstić information content (AvgIpc) is 2.70. The third-order valence-electron chi connectivity index (χ3n) is 4.72. The summed E-state index contributed by atoms with van der Waals surface area (Å²) in [7, 11) is 0. The molecule has 0 aromatic carbocycles. The second-order valence-electron chi connectivity index (χ2n) is 7.41. The Bertz CT molecular complexity index is 385. The molecule has 0 unspecified atom stereocenters. The van der Waals surface area contributed by atoms with Gasteiger partial charge in [-0.2, -0.15) is 0 Å². The van der Waals surface area contributed by atoms with Gasteiger partial charge in [0.2, 0.25) is 0 Å². The highest BCUT2D eigenvalue weighted by Crippen LogP contribution is 2.13. The minimum atomic E-state index is -0.635. The summed E-state index contributed by atoms with van der Waals surface area (Å²) in [6.07, 6.45) is 20.5. The largest absolute Gasteiger partial charge is 0.464 e. The van der Waals surface area contributed by atoms with Gasteiger partial charge in [-0.05, 0) is 6.42 Å². The van der Waals surface area contributed by atoms with Gasteiger partial charge in [-0.25, -0.2) is 4.79 Å². The van der Waals surface area contributed by atoms with E-state index in [1.165, 1.54) is 89.5 Å². The van der Waals surface area contributed by atoms with Crippen LogP contribution in [0.2, 0.25) is 0 Å². The summed E-state index contributed by atoms with van der Waals surface area (Å²) >= 11 is 0. The molecule has 164 valence electrons. The van der Waals surface area contributed by atoms with Crippen molar-refractivity contribution in [2.24, 2.45) is 0 Å². The van der Waals surface area contributed by atoms with E-state index in [1.807, 2.05) is 0 Å². The van der Waals surface area contributed by atoms with Crippen molar-refractivity contribution in [3.63, 3.8) is 0 Å². The van der Waals surface area contributed by atoms with Crippen molar-refractivity contribution in [1.29, 1.82) is 0 Å². The van der Waals surface area contributed by atoms with Gasteiger partial charge >= 0.3 is 12.1 Å². The molecule has 0 bridgehead atoms. The van der Waals surface area contributed by atoms with E-state index in [9.17, 15) is 9.59 Å². The smallest absolute Gasteiger partial charge is 0.407 e. The van der Waals surface area contributed by atoms with Gasteiger partial charge in [0, 0.05) is 0 Å². The number of alkyl carbamates (subject to hydrolysis) is 1. The number of hydrogen-bond acceptors (Lipinski definition) is 4. The van der Waals surface area contributed by atoms with Crippen LogP contribution in [0.3, 0.4) is 0 Å². The lowest BCUT2D eigenvalue weighted by Gasteiger charge is -2.06. The van der Waals surface area contributed by atoms with Crippen LogP contribution < -0.4 is 5.32 Å². The molecule has 0 radical (unpaired) electrons. The Balaban J connectivity index is 3.20. The van der Waals surface area contributed by atoms with Crippen molar-refractivity contribution in [2.45, 2.75) is 103 Å². The number of amides is 1. The quantitative estimate of drug-likeness (QED) is 0.148. The summed E-state index contributed by atoms with van der Waals surface area (Å²) < 4.78 is 9.78. The number of hydrogen-bond donors (Lipinski definition) is 1. The number of rotatable bonds is 20. The van der Waals surface area contributed by atoms with Gasteiger partial charge in [0.1, 0.15) is 13.2 Å². The number of esters is 1. The highest BCUT2D eigenvalue weighted by atomic mass is 16.6. The third-order valence-corrected chi connectivity index (χ3v) is 4.72. The van der Waals surface area contributed by atoms with Crippen molar-refractivity contribution < 1.29 is 19.1 Å². The summed E-state index contributed by atoms with van der Waals surface area (Å²) in [5.74, 6) is -0.430. The maximum Gasteiger partial charge on any atom is 0.407 e. The van der Waals surface area contributed by atoms with Crippen LogP contribution in [0.1, 0.15) is 103 Å². The molecule has 0 fully saturated rings. The highest BCUT2D eigenvalue weighted by Gasteiger charge is 2.06. The molecule has 0 saturated heterocycles. The van der Waals surface area contributed by atoms with E-state index in [-0.39, 0.29) is 13.2 Å². The minimum Gasteiger partial charge on any atom is -0.464 e. The van der Waals surface area contributed by atoms with Gasteiger partial charge in [-0.1, -0.05) is 109 Å². The molecule has 0 spiro atoms. The van der Waals surface area contributed by atoms with E-state index >= 15 is 0 Å². The van der Waals surface area contributed by atoms with Crippen molar-refractivity contribution in [2.75, 3.05) is 19.8 Å². The molecular formula is C23H43NO4. The van der Waals surface area contributed by atoms with E-state index in [1.54, 1.807) is 0 Å². The summed E-state index contributed by atoms with van der Waals surface area (Å²) in [4.78, 5) is 22.6. The predicted octanol–water partition coefficient (Wildman–Crippen LogP) is 6.31. The van der Waals surface area contributed by atoms with Crippen LogP contribution in [-0.2, 0) is 14.3 Å². The molecule has 28 heavy (non-hydrogen) atoms. The summed E-state index contributed by atoms with van der Waals surface area (Å²) in [5, 5.41) is 2.34. The number of unbranched alkanes of at least 4 members (excludes halogenated alkanes) is 14. The SMILES string of the molecule is C=CCOC(=O)NCC(=O)OCCCCCCCCCCCCCCCCC. The molecule has 0 aliphatic heterocycles. The molecule has 1 amide bonds. The summed E-state index contributed by atoms with van der Waals surface area (Å²) in [5.41, 5.74) is 0. The average molecular weight is 398 g/mol. The standard InChI is InChI=1S/C23H43NO4/c1-3-5-6-7-8-9-10-11-12-13-14-15-16-17-18-20-27-22(25)21-24-23(26)28-19-4-2/h4H,2-3,5-21H2,1H3,(H,24,26). The normalized spacial score (nSPS) is 10.5. The molecule has 0 aromatic heterocycles. The predicted molar refractivity (Wildman–Crippen MR) is 115 cm³/mol. The molecule has 1 N–H and O–H groups in total. The first-order chi connectivity index (χ1) is 13.7. The zero-order valence-corrected chi connectivity index (χ0v) is 18.1. The van der Waals surface area contributed by atoms with Gasteiger partial charge in [0.15, 0.2) is 0 Å². The molecule has 0 aromatic rings. The lowest BCUT2D eigenvalue weighted by molar-refractivity contribution is -0.142. The van der Waals surface area contributed by atoms with Crippen molar-refractivity contribution in [3.8, 4) is 0 Å². The van der Waals surface area contributed by atoms with Gasteiger partial charge < -0.3 is 14.8 Å². The Hall–Kier alpha value is -1.52. The Morgan fingerprint density at radius 1 is 0.750 bits per heavy atom. The monoisotopic (exact) mass is 397 g/mol. The van der Waals surface area contributed by atoms with Gasteiger partial charge in [0.25, 0.3) is 0 Å². The van der Waals surface area contributed by atoms with Crippen molar-refractivity contribution in [3.05, 3.63) is 12.7 Å². The van der Waals surface area contributed by atoms with E-state index in [2.05, 4.69) is 18.8 Å². The number of nitrogens with one attached hydrogen (secondary N) is 1.